The number of carbonyl (C=O) groups is 1. The molecule has 0 aromatic carbocycles. The summed E-state index contributed by atoms with van der Waals surface area (Å²) in [5, 5.41) is 0. The topological polar surface area (TPSA) is 51.2 Å². The molecule has 84 valence electrons. The quantitative estimate of drug-likeness (QED) is 0.629. The fraction of sp³-hybridized carbons (Fsp3) is 0.889. The van der Waals surface area contributed by atoms with Crippen molar-refractivity contribution in [1.29, 1.82) is 0 Å². The van der Waals surface area contributed by atoms with E-state index in [1.165, 1.54) is 18.0 Å². The normalized spacial score (nSPS) is 13.9. The molecule has 0 rings (SSSR count). The second-order valence-electron chi connectivity index (χ2n) is 3.46. The summed E-state index contributed by atoms with van der Waals surface area (Å²) in [5.74, 6) is 1.42. The van der Waals surface area contributed by atoms with Gasteiger partial charge in [-0.2, -0.15) is 11.8 Å². The lowest BCUT2D eigenvalue weighted by molar-refractivity contribution is -0.119. The van der Waals surface area contributed by atoms with Crippen LogP contribution in [-0.2, 0) is 14.6 Å². The first-order valence-electron chi connectivity index (χ1n) is 4.65. The molecule has 0 saturated carbocycles. The van der Waals surface area contributed by atoms with Crippen LogP contribution in [0.2, 0.25) is 0 Å². The number of rotatable bonds is 7. The van der Waals surface area contributed by atoms with Crippen LogP contribution in [0, 0.1) is 5.92 Å². The predicted octanol–water partition coefficient (Wildman–Crippen LogP) is 1.38. The molecule has 0 aromatic heterocycles. The molecular weight excluding hydrogens is 220 g/mol. The summed E-state index contributed by atoms with van der Waals surface area (Å²) < 4.78 is 21.5. The molecule has 0 radical (unpaired) electrons. The smallest absolute Gasteiger partial charge is 0.148 e. The van der Waals surface area contributed by atoms with E-state index in [0.29, 0.717) is 11.5 Å². The Morgan fingerprint density at radius 2 is 2.00 bits per heavy atom. The van der Waals surface area contributed by atoms with Crippen LogP contribution in [-0.4, -0.2) is 37.7 Å². The van der Waals surface area contributed by atoms with Gasteiger partial charge in [0.2, 0.25) is 0 Å². The third kappa shape index (κ3) is 7.38. The number of thioether (sulfide) groups is 1. The minimum Gasteiger partial charge on any atom is -0.298 e. The van der Waals surface area contributed by atoms with Crippen LogP contribution >= 0.6 is 11.8 Å². The van der Waals surface area contributed by atoms with E-state index in [1.54, 1.807) is 0 Å². The minimum atomic E-state index is -2.88. The van der Waals surface area contributed by atoms with Crippen LogP contribution in [0.25, 0.3) is 0 Å². The Morgan fingerprint density at radius 1 is 1.43 bits per heavy atom. The van der Waals surface area contributed by atoms with Gasteiger partial charge in [0.15, 0.2) is 0 Å². The molecule has 14 heavy (non-hydrogen) atoms. The first kappa shape index (κ1) is 14.0. The summed E-state index contributed by atoms with van der Waals surface area (Å²) in [6.07, 6.45) is 2.06. The van der Waals surface area contributed by atoms with E-state index in [9.17, 15) is 13.2 Å². The Morgan fingerprint density at radius 3 is 2.43 bits per heavy atom. The van der Waals surface area contributed by atoms with Gasteiger partial charge in [0.1, 0.15) is 15.6 Å². The molecule has 0 aliphatic rings. The molecule has 0 aromatic rings. The van der Waals surface area contributed by atoms with E-state index in [1.807, 2.05) is 13.8 Å². The molecule has 0 saturated heterocycles. The third-order valence-electron chi connectivity index (χ3n) is 2.00. The van der Waals surface area contributed by atoms with Crippen LogP contribution in [0.4, 0.5) is 0 Å². The van der Waals surface area contributed by atoms with Gasteiger partial charge in [0, 0.05) is 17.9 Å². The Hall–Kier alpha value is -0.0300. The highest BCUT2D eigenvalue weighted by Gasteiger charge is 2.10. The van der Waals surface area contributed by atoms with Gasteiger partial charge in [-0.3, -0.25) is 4.79 Å². The largest absolute Gasteiger partial charge is 0.298 e. The molecule has 0 bridgehead atoms. The Labute approximate surface area is 90.6 Å². The van der Waals surface area contributed by atoms with Crippen LogP contribution in [0.3, 0.4) is 0 Å². The molecule has 0 aliphatic carbocycles. The van der Waals surface area contributed by atoms with Crippen molar-refractivity contribution in [3.05, 3.63) is 0 Å². The monoisotopic (exact) mass is 238 g/mol. The maximum Gasteiger partial charge on any atom is 0.148 e. The SMILES string of the molecule is CCC(C)C(=O)CSCCS(C)(=O)=O. The first-order chi connectivity index (χ1) is 6.37. The van der Waals surface area contributed by atoms with E-state index in [2.05, 4.69) is 0 Å². The maximum atomic E-state index is 11.3. The summed E-state index contributed by atoms with van der Waals surface area (Å²) in [6, 6.07) is 0. The van der Waals surface area contributed by atoms with E-state index in [0.717, 1.165) is 6.42 Å². The van der Waals surface area contributed by atoms with Crippen LogP contribution in [0.5, 0.6) is 0 Å². The van der Waals surface area contributed by atoms with Crippen molar-refractivity contribution in [3.63, 3.8) is 0 Å². The van der Waals surface area contributed by atoms with Crippen LogP contribution in [0.1, 0.15) is 20.3 Å². The van der Waals surface area contributed by atoms with Crippen molar-refractivity contribution in [2.24, 2.45) is 5.92 Å². The van der Waals surface area contributed by atoms with Gasteiger partial charge in [0.05, 0.1) is 11.5 Å². The van der Waals surface area contributed by atoms with Gasteiger partial charge in [-0.1, -0.05) is 13.8 Å². The van der Waals surface area contributed by atoms with Crippen molar-refractivity contribution in [2.75, 3.05) is 23.5 Å². The van der Waals surface area contributed by atoms with E-state index < -0.39 is 9.84 Å². The van der Waals surface area contributed by atoms with Gasteiger partial charge < -0.3 is 0 Å². The molecule has 1 atom stereocenters. The summed E-state index contributed by atoms with van der Waals surface area (Å²) in [7, 11) is -2.88. The van der Waals surface area contributed by atoms with E-state index in [4.69, 9.17) is 0 Å². The highest BCUT2D eigenvalue weighted by Crippen LogP contribution is 2.09. The van der Waals surface area contributed by atoms with Gasteiger partial charge in [-0.15, -0.1) is 0 Å². The minimum absolute atomic E-state index is 0.0979. The van der Waals surface area contributed by atoms with Crippen molar-refractivity contribution in [2.45, 2.75) is 20.3 Å². The summed E-state index contributed by atoms with van der Waals surface area (Å²) in [4.78, 5) is 11.3. The van der Waals surface area contributed by atoms with E-state index >= 15 is 0 Å². The zero-order chi connectivity index (χ0) is 11.2. The standard InChI is InChI=1S/C9H18O3S2/c1-4-8(2)9(10)7-13-5-6-14(3,11)12/h8H,4-7H2,1-3H3. The highest BCUT2D eigenvalue weighted by atomic mass is 32.2. The lowest BCUT2D eigenvalue weighted by Crippen LogP contribution is -2.14. The number of carbonyl (C=O) groups excluding carboxylic acids is 1. The average molecular weight is 238 g/mol. The predicted molar refractivity (Wildman–Crippen MR) is 61.5 cm³/mol. The van der Waals surface area contributed by atoms with Gasteiger partial charge in [0.25, 0.3) is 0 Å². The number of hydrogen-bond donors (Lipinski definition) is 0. The zero-order valence-electron chi connectivity index (χ0n) is 8.95. The third-order valence-corrected chi connectivity index (χ3v) is 4.19. The Bertz CT molecular complexity index is 270. The lowest BCUT2D eigenvalue weighted by atomic mass is 10.1. The van der Waals surface area contributed by atoms with Gasteiger partial charge >= 0.3 is 0 Å². The maximum absolute atomic E-state index is 11.3. The molecule has 0 spiro atoms. The molecule has 3 nitrogen and oxygen atoms in total. The fourth-order valence-corrected chi connectivity index (χ4v) is 3.07. The lowest BCUT2D eigenvalue weighted by Gasteiger charge is -2.06. The number of sulfone groups is 1. The van der Waals surface area contributed by atoms with Crippen molar-refractivity contribution in [1.82, 2.24) is 0 Å². The fourth-order valence-electron chi connectivity index (χ4n) is 0.753. The molecule has 0 aliphatic heterocycles. The summed E-state index contributed by atoms with van der Waals surface area (Å²) in [5.41, 5.74) is 0. The van der Waals surface area contributed by atoms with Crippen LogP contribution < -0.4 is 0 Å². The average Bonchev–Trinajstić information content (AvgIpc) is 2.09. The molecule has 1 unspecified atom stereocenters. The van der Waals surface area contributed by atoms with Crippen LogP contribution in [0.15, 0.2) is 0 Å². The highest BCUT2D eigenvalue weighted by molar-refractivity contribution is 8.01. The van der Waals surface area contributed by atoms with Crippen molar-refractivity contribution < 1.29 is 13.2 Å². The van der Waals surface area contributed by atoms with E-state index in [-0.39, 0.29) is 17.5 Å². The van der Waals surface area contributed by atoms with Crippen molar-refractivity contribution in [3.8, 4) is 0 Å². The zero-order valence-corrected chi connectivity index (χ0v) is 10.6. The number of hydrogen-bond acceptors (Lipinski definition) is 4. The molecule has 0 amide bonds. The Kier molecular flexibility index (Phi) is 6.44. The number of ketones is 1. The second kappa shape index (κ2) is 6.45. The second-order valence-corrected chi connectivity index (χ2v) is 6.82. The summed E-state index contributed by atoms with van der Waals surface area (Å²) >= 11 is 1.40. The molecular formula is C9H18O3S2. The molecule has 0 N–H and O–H groups in total. The Balaban J connectivity index is 3.61. The summed E-state index contributed by atoms with van der Waals surface area (Å²) in [6.45, 7) is 3.88. The molecule has 5 heteroatoms. The number of Topliss-reactive ketones (excluding diaryl/α,β-unsaturated/α-hetero) is 1. The van der Waals surface area contributed by atoms with Gasteiger partial charge in [-0.05, 0) is 6.42 Å². The first-order valence-corrected chi connectivity index (χ1v) is 7.86. The van der Waals surface area contributed by atoms with Crippen molar-refractivity contribution >= 4 is 27.4 Å². The van der Waals surface area contributed by atoms with Gasteiger partial charge in [-0.25, -0.2) is 8.42 Å². The molecule has 0 fully saturated rings. The molecule has 0 heterocycles.